The standard InChI is InChI=1S/C24H24BrClN2O5S/c1-32-22-11-6-17(12-23(22)33-2)14-27-24(29)18-7-4-16(5-8-18)15-28(34(3,30)31)19-9-10-20(25)21(26)13-19/h4-13H,14-15H2,1-3H3,(H,27,29). The molecule has 180 valence electrons. The fourth-order valence-electron chi connectivity index (χ4n) is 3.24. The van der Waals surface area contributed by atoms with E-state index in [0.29, 0.717) is 38.8 Å². The number of halogens is 2. The zero-order valence-electron chi connectivity index (χ0n) is 18.8. The van der Waals surface area contributed by atoms with Crippen molar-refractivity contribution in [2.75, 3.05) is 24.8 Å². The first-order valence-corrected chi connectivity index (χ1v) is 13.1. The van der Waals surface area contributed by atoms with Crippen LogP contribution in [0.5, 0.6) is 11.5 Å². The van der Waals surface area contributed by atoms with Crippen LogP contribution in [0.4, 0.5) is 5.69 Å². The van der Waals surface area contributed by atoms with E-state index in [1.165, 1.54) is 4.31 Å². The van der Waals surface area contributed by atoms with E-state index in [1.807, 2.05) is 6.07 Å². The summed E-state index contributed by atoms with van der Waals surface area (Å²) in [6.45, 7) is 0.414. The third kappa shape index (κ3) is 6.43. The number of methoxy groups -OCH3 is 2. The van der Waals surface area contributed by atoms with Gasteiger partial charge in [0.25, 0.3) is 5.91 Å². The molecule has 3 aromatic rings. The quantitative estimate of drug-likeness (QED) is 0.393. The van der Waals surface area contributed by atoms with Crippen molar-refractivity contribution >= 4 is 49.1 Å². The van der Waals surface area contributed by atoms with Crippen molar-refractivity contribution in [1.82, 2.24) is 5.32 Å². The maximum absolute atomic E-state index is 12.6. The number of amides is 1. The highest BCUT2D eigenvalue weighted by atomic mass is 79.9. The molecule has 0 aliphatic carbocycles. The molecule has 0 atom stereocenters. The number of carbonyl (C=O) groups is 1. The van der Waals surface area contributed by atoms with E-state index in [0.717, 1.165) is 17.4 Å². The van der Waals surface area contributed by atoms with Crippen molar-refractivity contribution in [2.45, 2.75) is 13.1 Å². The molecule has 0 aliphatic rings. The van der Waals surface area contributed by atoms with Crippen LogP contribution in [-0.2, 0) is 23.1 Å². The Balaban J connectivity index is 1.69. The van der Waals surface area contributed by atoms with Crippen molar-refractivity contribution in [3.63, 3.8) is 0 Å². The molecule has 0 bridgehead atoms. The molecular weight excluding hydrogens is 544 g/mol. The summed E-state index contributed by atoms with van der Waals surface area (Å²) < 4.78 is 37.3. The van der Waals surface area contributed by atoms with Crippen LogP contribution >= 0.6 is 27.5 Å². The number of anilines is 1. The molecule has 0 aliphatic heterocycles. The lowest BCUT2D eigenvalue weighted by Gasteiger charge is -2.23. The first kappa shape index (κ1) is 25.9. The minimum Gasteiger partial charge on any atom is -0.493 e. The zero-order valence-corrected chi connectivity index (χ0v) is 22.0. The number of nitrogens with zero attached hydrogens (tertiary/aromatic N) is 1. The van der Waals surface area contributed by atoms with Crippen LogP contribution in [0.25, 0.3) is 0 Å². The Morgan fingerprint density at radius 3 is 2.21 bits per heavy atom. The first-order valence-electron chi connectivity index (χ1n) is 10.1. The molecule has 1 amide bonds. The topological polar surface area (TPSA) is 84.9 Å². The number of hydrogen-bond acceptors (Lipinski definition) is 5. The molecule has 7 nitrogen and oxygen atoms in total. The number of ether oxygens (including phenoxy) is 2. The molecular formula is C24H24BrClN2O5S. The molecule has 3 aromatic carbocycles. The highest BCUT2D eigenvalue weighted by molar-refractivity contribution is 9.10. The fourth-order valence-corrected chi connectivity index (χ4v) is 4.54. The van der Waals surface area contributed by atoms with E-state index in [9.17, 15) is 13.2 Å². The van der Waals surface area contributed by atoms with Gasteiger partial charge in [0, 0.05) is 16.6 Å². The van der Waals surface area contributed by atoms with Crippen molar-refractivity contribution in [1.29, 1.82) is 0 Å². The summed E-state index contributed by atoms with van der Waals surface area (Å²) in [7, 11) is -0.446. The first-order chi connectivity index (χ1) is 16.1. The molecule has 3 rings (SSSR count). The Morgan fingerprint density at radius 2 is 1.62 bits per heavy atom. The maximum Gasteiger partial charge on any atom is 0.251 e. The van der Waals surface area contributed by atoms with Gasteiger partial charge in [0.2, 0.25) is 10.0 Å². The Hall–Kier alpha value is -2.75. The van der Waals surface area contributed by atoms with Gasteiger partial charge in [-0.15, -0.1) is 0 Å². The lowest BCUT2D eigenvalue weighted by atomic mass is 10.1. The number of carbonyl (C=O) groups excluding carboxylic acids is 1. The summed E-state index contributed by atoms with van der Waals surface area (Å²) in [5.41, 5.74) is 2.50. The average Bonchev–Trinajstić information content (AvgIpc) is 2.82. The second kappa shape index (κ2) is 11.1. The van der Waals surface area contributed by atoms with E-state index >= 15 is 0 Å². The second-order valence-electron chi connectivity index (χ2n) is 7.44. The van der Waals surface area contributed by atoms with Gasteiger partial charge in [-0.05, 0) is 69.5 Å². The van der Waals surface area contributed by atoms with Gasteiger partial charge in [-0.2, -0.15) is 0 Å². The van der Waals surface area contributed by atoms with Gasteiger partial charge in [0.05, 0.1) is 37.7 Å². The van der Waals surface area contributed by atoms with Gasteiger partial charge >= 0.3 is 0 Å². The van der Waals surface area contributed by atoms with Crippen LogP contribution in [0, 0.1) is 0 Å². The molecule has 0 aromatic heterocycles. The number of nitrogens with one attached hydrogen (secondary N) is 1. The van der Waals surface area contributed by atoms with Crippen LogP contribution in [0.3, 0.4) is 0 Å². The Bertz CT molecular complexity index is 1280. The lowest BCUT2D eigenvalue weighted by Crippen LogP contribution is -2.29. The van der Waals surface area contributed by atoms with Gasteiger partial charge in [0.1, 0.15) is 0 Å². The van der Waals surface area contributed by atoms with E-state index in [1.54, 1.807) is 68.8 Å². The predicted octanol–water partition coefficient (Wildman–Crippen LogP) is 5.02. The molecule has 34 heavy (non-hydrogen) atoms. The minimum absolute atomic E-state index is 0.102. The summed E-state index contributed by atoms with van der Waals surface area (Å²) in [4.78, 5) is 12.6. The lowest BCUT2D eigenvalue weighted by molar-refractivity contribution is 0.0951. The average molecular weight is 568 g/mol. The van der Waals surface area contributed by atoms with Gasteiger partial charge in [-0.25, -0.2) is 8.42 Å². The SMILES string of the molecule is COc1ccc(CNC(=O)c2ccc(CN(c3ccc(Br)c(Cl)c3)S(C)(=O)=O)cc2)cc1OC. The second-order valence-corrected chi connectivity index (χ2v) is 10.6. The zero-order chi connectivity index (χ0) is 24.9. The predicted molar refractivity (Wildman–Crippen MR) is 137 cm³/mol. The van der Waals surface area contributed by atoms with Gasteiger partial charge in [-0.1, -0.05) is 29.8 Å². The highest BCUT2D eigenvalue weighted by Gasteiger charge is 2.19. The summed E-state index contributed by atoms with van der Waals surface area (Å²) in [6.07, 6.45) is 1.14. The Morgan fingerprint density at radius 1 is 0.971 bits per heavy atom. The summed E-state index contributed by atoms with van der Waals surface area (Å²) in [5, 5.41) is 3.28. The molecule has 0 saturated heterocycles. The molecule has 1 N–H and O–H groups in total. The number of rotatable bonds is 9. The number of sulfonamides is 1. The largest absolute Gasteiger partial charge is 0.493 e. The Kier molecular flexibility index (Phi) is 8.46. The summed E-state index contributed by atoms with van der Waals surface area (Å²) >= 11 is 9.46. The smallest absolute Gasteiger partial charge is 0.251 e. The number of benzene rings is 3. The molecule has 0 saturated carbocycles. The molecule has 0 fully saturated rings. The van der Waals surface area contributed by atoms with Crippen LogP contribution in [0.1, 0.15) is 21.5 Å². The molecule has 0 spiro atoms. The molecule has 0 radical (unpaired) electrons. The maximum atomic E-state index is 12.6. The van der Waals surface area contributed by atoms with Crippen molar-refractivity contribution < 1.29 is 22.7 Å². The third-order valence-corrected chi connectivity index (χ3v) is 7.41. The van der Waals surface area contributed by atoms with Crippen LogP contribution < -0.4 is 19.1 Å². The fraction of sp³-hybridized carbons (Fsp3) is 0.208. The van der Waals surface area contributed by atoms with Crippen LogP contribution in [0.15, 0.2) is 65.1 Å². The highest BCUT2D eigenvalue weighted by Crippen LogP contribution is 2.30. The molecule has 0 heterocycles. The summed E-state index contributed by atoms with van der Waals surface area (Å²) in [6, 6.07) is 17.2. The van der Waals surface area contributed by atoms with E-state index < -0.39 is 10.0 Å². The van der Waals surface area contributed by atoms with E-state index in [4.69, 9.17) is 21.1 Å². The van der Waals surface area contributed by atoms with Crippen molar-refractivity contribution in [3.05, 3.63) is 86.8 Å². The van der Waals surface area contributed by atoms with Crippen LogP contribution in [-0.4, -0.2) is 34.8 Å². The Labute approximate surface area is 212 Å². The van der Waals surface area contributed by atoms with Gasteiger partial charge in [-0.3, -0.25) is 9.10 Å². The minimum atomic E-state index is -3.56. The van der Waals surface area contributed by atoms with Crippen molar-refractivity contribution in [3.8, 4) is 11.5 Å². The number of hydrogen-bond donors (Lipinski definition) is 1. The van der Waals surface area contributed by atoms with Gasteiger partial charge < -0.3 is 14.8 Å². The van der Waals surface area contributed by atoms with E-state index in [-0.39, 0.29) is 12.5 Å². The monoisotopic (exact) mass is 566 g/mol. The normalized spacial score (nSPS) is 11.1. The van der Waals surface area contributed by atoms with Gasteiger partial charge in [0.15, 0.2) is 11.5 Å². The third-order valence-electron chi connectivity index (χ3n) is 5.03. The summed E-state index contributed by atoms with van der Waals surface area (Å²) in [5.74, 6) is 0.948. The molecule has 10 heteroatoms. The molecule has 0 unspecified atom stereocenters. The van der Waals surface area contributed by atoms with Crippen LogP contribution in [0.2, 0.25) is 5.02 Å². The van der Waals surface area contributed by atoms with E-state index in [2.05, 4.69) is 21.2 Å². The van der Waals surface area contributed by atoms with Crippen molar-refractivity contribution in [2.24, 2.45) is 0 Å².